The lowest BCUT2D eigenvalue weighted by molar-refractivity contribution is 0.103. The van der Waals surface area contributed by atoms with Crippen molar-refractivity contribution in [2.45, 2.75) is 25.9 Å². The molecule has 0 fully saturated rings. The van der Waals surface area contributed by atoms with E-state index in [0.29, 0.717) is 6.61 Å². The van der Waals surface area contributed by atoms with Crippen molar-refractivity contribution in [2.75, 3.05) is 13.2 Å². The van der Waals surface area contributed by atoms with E-state index in [-0.39, 0.29) is 0 Å². The number of rotatable bonds is 7. The predicted octanol–water partition coefficient (Wildman–Crippen LogP) is 1.93. The van der Waals surface area contributed by atoms with Gasteiger partial charge < -0.3 is 14.9 Å². The maximum absolute atomic E-state index is 5.39. The molecule has 2 N–H and O–H groups in total. The Bertz CT molecular complexity index is 197. The molecule has 13 heavy (non-hydrogen) atoms. The summed E-state index contributed by atoms with van der Waals surface area (Å²) in [6.45, 7) is 2.15. The van der Waals surface area contributed by atoms with Crippen molar-refractivity contribution < 1.29 is 9.15 Å². The van der Waals surface area contributed by atoms with Crippen LogP contribution in [0.15, 0.2) is 22.8 Å². The summed E-state index contributed by atoms with van der Waals surface area (Å²) in [5, 5.41) is 0. The summed E-state index contributed by atoms with van der Waals surface area (Å²) in [7, 11) is 0. The minimum Gasteiger partial charge on any atom is -0.467 e. The van der Waals surface area contributed by atoms with Crippen LogP contribution in [-0.4, -0.2) is 13.2 Å². The predicted molar refractivity (Wildman–Crippen MR) is 51.3 cm³/mol. The third-order valence-corrected chi connectivity index (χ3v) is 1.82. The van der Waals surface area contributed by atoms with Crippen LogP contribution in [0, 0.1) is 0 Å². The molecule has 0 spiro atoms. The van der Waals surface area contributed by atoms with Gasteiger partial charge in [0.1, 0.15) is 12.4 Å². The third-order valence-electron chi connectivity index (χ3n) is 1.82. The van der Waals surface area contributed by atoms with Gasteiger partial charge in [-0.3, -0.25) is 0 Å². The smallest absolute Gasteiger partial charge is 0.129 e. The van der Waals surface area contributed by atoms with E-state index in [0.717, 1.165) is 38.2 Å². The number of ether oxygens (including phenoxy) is 1. The van der Waals surface area contributed by atoms with Crippen LogP contribution in [0.2, 0.25) is 0 Å². The van der Waals surface area contributed by atoms with E-state index >= 15 is 0 Å². The van der Waals surface area contributed by atoms with Crippen LogP contribution in [-0.2, 0) is 11.3 Å². The Labute approximate surface area is 78.9 Å². The molecule has 1 aromatic rings. The number of hydrogen-bond acceptors (Lipinski definition) is 3. The van der Waals surface area contributed by atoms with Crippen molar-refractivity contribution in [2.24, 2.45) is 5.73 Å². The van der Waals surface area contributed by atoms with Gasteiger partial charge >= 0.3 is 0 Å². The molecule has 0 radical (unpaired) electrons. The van der Waals surface area contributed by atoms with Crippen molar-refractivity contribution in [1.82, 2.24) is 0 Å². The van der Waals surface area contributed by atoms with E-state index < -0.39 is 0 Å². The molecule has 0 saturated carbocycles. The van der Waals surface area contributed by atoms with Gasteiger partial charge in [-0.1, -0.05) is 0 Å². The van der Waals surface area contributed by atoms with Gasteiger partial charge in [-0.05, 0) is 37.9 Å². The maximum Gasteiger partial charge on any atom is 0.129 e. The largest absolute Gasteiger partial charge is 0.467 e. The number of hydrogen-bond donors (Lipinski definition) is 1. The molecular formula is C10H17NO2. The zero-order valence-corrected chi connectivity index (χ0v) is 7.87. The fourth-order valence-corrected chi connectivity index (χ4v) is 1.09. The second-order valence-corrected chi connectivity index (χ2v) is 2.98. The van der Waals surface area contributed by atoms with Crippen LogP contribution in [0.25, 0.3) is 0 Å². The summed E-state index contributed by atoms with van der Waals surface area (Å²) in [6.07, 6.45) is 4.98. The highest BCUT2D eigenvalue weighted by molar-refractivity contribution is 4.95. The first-order chi connectivity index (χ1) is 6.43. The summed E-state index contributed by atoms with van der Waals surface area (Å²) < 4.78 is 10.5. The maximum atomic E-state index is 5.39. The van der Waals surface area contributed by atoms with Crippen LogP contribution in [0.1, 0.15) is 25.0 Å². The number of nitrogens with two attached hydrogens (primary N) is 1. The molecule has 0 aliphatic rings. The van der Waals surface area contributed by atoms with Gasteiger partial charge in [0.15, 0.2) is 0 Å². The molecule has 1 aromatic heterocycles. The lowest BCUT2D eigenvalue weighted by atomic mass is 10.2. The zero-order chi connectivity index (χ0) is 9.36. The van der Waals surface area contributed by atoms with Gasteiger partial charge in [-0.25, -0.2) is 0 Å². The minimum atomic E-state index is 0.579. The lowest BCUT2D eigenvalue weighted by Crippen LogP contribution is -2.00. The van der Waals surface area contributed by atoms with Gasteiger partial charge in [0.25, 0.3) is 0 Å². The van der Waals surface area contributed by atoms with E-state index in [4.69, 9.17) is 14.9 Å². The Hall–Kier alpha value is -0.800. The van der Waals surface area contributed by atoms with Gasteiger partial charge in [-0.15, -0.1) is 0 Å². The highest BCUT2D eigenvalue weighted by Crippen LogP contribution is 2.02. The molecule has 1 rings (SSSR count). The van der Waals surface area contributed by atoms with Crippen LogP contribution < -0.4 is 5.73 Å². The molecule has 0 bridgehead atoms. The van der Waals surface area contributed by atoms with E-state index in [9.17, 15) is 0 Å². The van der Waals surface area contributed by atoms with Crippen molar-refractivity contribution in [3.63, 3.8) is 0 Å². The number of unbranched alkanes of at least 4 members (excludes halogenated alkanes) is 2. The molecule has 0 atom stereocenters. The Morgan fingerprint density at radius 2 is 2.23 bits per heavy atom. The second kappa shape index (κ2) is 6.69. The fourth-order valence-electron chi connectivity index (χ4n) is 1.09. The first-order valence-electron chi connectivity index (χ1n) is 4.73. The number of furan rings is 1. The average Bonchev–Trinajstić information content (AvgIpc) is 2.63. The monoisotopic (exact) mass is 183 g/mol. The molecule has 1 heterocycles. The first kappa shape index (κ1) is 10.3. The van der Waals surface area contributed by atoms with Crippen molar-refractivity contribution >= 4 is 0 Å². The van der Waals surface area contributed by atoms with Crippen LogP contribution in [0.4, 0.5) is 0 Å². The molecule has 0 aliphatic heterocycles. The highest BCUT2D eigenvalue weighted by Gasteiger charge is 1.94. The molecule has 74 valence electrons. The Morgan fingerprint density at radius 1 is 1.31 bits per heavy atom. The van der Waals surface area contributed by atoms with Crippen LogP contribution >= 0.6 is 0 Å². The molecular weight excluding hydrogens is 166 g/mol. The second-order valence-electron chi connectivity index (χ2n) is 2.98. The molecule has 0 amide bonds. The Balaban J connectivity index is 1.90. The molecule has 3 heteroatoms. The third kappa shape index (κ3) is 4.70. The topological polar surface area (TPSA) is 48.4 Å². The van der Waals surface area contributed by atoms with E-state index in [2.05, 4.69) is 0 Å². The lowest BCUT2D eigenvalue weighted by Gasteiger charge is -2.01. The molecule has 3 nitrogen and oxygen atoms in total. The summed E-state index contributed by atoms with van der Waals surface area (Å²) in [5.41, 5.74) is 5.36. The standard InChI is InChI=1S/C10H17NO2/c11-6-2-1-3-7-12-9-10-5-4-8-13-10/h4-5,8H,1-3,6-7,9,11H2. The van der Waals surface area contributed by atoms with Gasteiger partial charge in [0, 0.05) is 6.61 Å². The summed E-state index contributed by atoms with van der Waals surface area (Å²) in [4.78, 5) is 0. The molecule has 0 aliphatic carbocycles. The normalized spacial score (nSPS) is 10.5. The first-order valence-corrected chi connectivity index (χ1v) is 4.73. The van der Waals surface area contributed by atoms with Crippen LogP contribution in [0.5, 0.6) is 0 Å². The molecule has 0 unspecified atom stereocenters. The minimum absolute atomic E-state index is 0.579. The highest BCUT2D eigenvalue weighted by atomic mass is 16.5. The van der Waals surface area contributed by atoms with Gasteiger partial charge in [0.2, 0.25) is 0 Å². The SMILES string of the molecule is NCCCCCOCc1ccco1. The van der Waals surface area contributed by atoms with Gasteiger partial charge in [0.05, 0.1) is 6.26 Å². The Morgan fingerprint density at radius 3 is 2.92 bits per heavy atom. The van der Waals surface area contributed by atoms with Gasteiger partial charge in [-0.2, -0.15) is 0 Å². The van der Waals surface area contributed by atoms with Crippen molar-refractivity contribution in [3.8, 4) is 0 Å². The van der Waals surface area contributed by atoms with E-state index in [1.54, 1.807) is 6.26 Å². The molecule has 0 aromatic carbocycles. The van der Waals surface area contributed by atoms with Crippen LogP contribution in [0.3, 0.4) is 0 Å². The van der Waals surface area contributed by atoms with Crippen molar-refractivity contribution in [3.05, 3.63) is 24.2 Å². The molecule has 0 saturated heterocycles. The fraction of sp³-hybridized carbons (Fsp3) is 0.600. The summed E-state index contributed by atoms with van der Waals surface area (Å²) in [6, 6.07) is 3.78. The summed E-state index contributed by atoms with van der Waals surface area (Å²) in [5.74, 6) is 0.888. The quantitative estimate of drug-likeness (QED) is 0.657. The zero-order valence-electron chi connectivity index (χ0n) is 7.87. The Kier molecular flexibility index (Phi) is 5.29. The van der Waals surface area contributed by atoms with E-state index in [1.165, 1.54) is 0 Å². The van der Waals surface area contributed by atoms with Crippen molar-refractivity contribution in [1.29, 1.82) is 0 Å². The summed E-state index contributed by atoms with van der Waals surface area (Å²) >= 11 is 0. The average molecular weight is 183 g/mol. The van der Waals surface area contributed by atoms with E-state index in [1.807, 2.05) is 12.1 Å².